The summed E-state index contributed by atoms with van der Waals surface area (Å²) in [4.78, 5) is 11.3. The molecule has 2 N–H and O–H groups in total. The Morgan fingerprint density at radius 1 is 1.47 bits per heavy atom. The Hall–Kier alpha value is -1.35. The highest BCUT2D eigenvalue weighted by atomic mass is 16.4. The summed E-state index contributed by atoms with van der Waals surface area (Å²) in [6.07, 6.45) is 0.899. The molecule has 0 aromatic heterocycles. The summed E-state index contributed by atoms with van der Waals surface area (Å²) >= 11 is 0. The van der Waals surface area contributed by atoms with E-state index in [1.54, 1.807) is 6.92 Å². The summed E-state index contributed by atoms with van der Waals surface area (Å²) in [5.74, 6) is -1.56. The molecule has 2 atom stereocenters. The van der Waals surface area contributed by atoms with Gasteiger partial charge in [-0.1, -0.05) is 50.1 Å². The first kappa shape index (κ1) is 13.7. The quantitative estimate of drug-likeness (QED) is 0.826. The molecule has 17 heavy (non-hydrogen) atoms. The van der Waals surface area contributed by atoms with Gasteiger partial charge in [-0.15, -0.1) is 0 Å². The van der Waals surface area contributed by atoms with Crippen molar-refractivity contribution in [2.75, 3.05) is 0 Å². The minimum Gasteiger partial charge on any atom is -0.479 e. The summed E-state index contributed by atoms with van der Waals surface area (Å²) in [5.41, 5.74) is 0.254. The van der Waals surface area contributed by atoms with Crippen LogP contribution in [0.2, 0.25) is 0 Å². The summed E-state index contributed by atoms with van der Waals surface area (Å²) in [6.45, 7) is 5.59. The Morgan fingerprint density at radius 2 is 2.12 bits per heavy atom. The molecule has 1 aromatic carbocycles. The number of carbonyl (C=O) groups is 1. The van der Waals surface area contributed by atoms with E-state index in [0.717, 1.165) is 11.1 Å². The molecule has 0 bridgehead atoms. The van der Waals surface area contributed by atoms with Crippen molar-refractivity contribution in [3.63, 3.8) is 0 Å². The predicted molar refractivity (Wildman–Crippen MR) is 67.1 cm³/mol. The zero-order chi connectivity index (χ0) is 13.1. The van der Waals surface area contributed by atoms with Gasteiger partial charge in [-0.2, -0.15) is 0 Å². The van der Waals surface area contributed by atoms with Crippen LogP contribution in [0.4, 0.5) is 0 Å². The van der Waals surface area contributed by atoms with Crippen LogP contribution in [0.1, 0.15) is 43.7 Å². The minimum atomic E-state index is -1.68. The first-order valence-electron chi connectivity index (χ1n) is 5.94. The van der Waals surface area contributed by atoms with E-state index < -0.39 is 17.5 Å². The molecule has 94 valence electrons. The van der Waals surface area contributed by atoms with Crippen LogP contribution in [0, 0.1) is 6.92 Å². The number of aliphatic hydroxyl groups is 1. The zero-order valence-electron chi connectivity index (χ0n) is 10.6. The lowest BCUT2D eigenvalue weighted by molar-refractivity contribution is -0.161. The highest BCUT2D eigenvalue weighted by Gasteiger charge is 2.41. The van der Waals surface area contributed by atoms with Crippen molar-refractivity contribution in [2.24, 2.45) is 0 Å². The van der Waals surface area contributed by atoms with Gasteiger partial charge in [0.05, 0.1) is 0 Å². The fourth-order valence-corrected chi connectivity index (χ4v) is 2.10. The van der Waals surface area contributed by atoms with Crippen molar-refractivity contribution in [2.45, 2.75) is 45.1 Å². The van der Waals surface area contributed by atoms with Crippen molar-refractivity contribution in [3.05, 3.63) is 35.4 Å². The van der Waals surface area contributed by atoms with E-state index >= 15 is 0 Å². The van der Waals surface area contributed by atoms with Crippen LogP contribution >= 0.6 is 0 Å². The standard InChI is InChI=1S/C14H20O3/c1-4-8-14(17,13(15)16)11(3)12-7-5-6-10(2)9-12/h5-7,9,11,17H,4,8H2,1-3H3,(H,15,16). The predicted octanol–water partition coefficient (Wildman–Crippen LogP) is 2.71. The van der Waals surface area contributed by atoms with Crippen molar-refractivity contribution in [3.8, 4) is 0 Å². The van der Waals surface area contributed by atoms with Gasteiger partial charge in [-0.3, -0.25) is 0 Å². The van der Waals surface area contributed by atoms with Crippen LogP contribution in [-0.2, 0) is 4.79 Å². The number of carboxylic acids is 1. The lowest BCUT2D eigenvalue weighted by Crippen LogP contribution is -2.43. The first-order chi connectivity index (χ1) is 7.91. The third-order valence-electron chi connectivity index (χ3n) is 3.26. The van der Waals surface area contributed by atoms with Gasteiger partial charge in [0.15, 0.2) is 5.60 Å². The molecular weight excluding hydrogens is 216 g/mol. The van der Waals surface area contributed by atoms with Gasteiger partial charge in [0.2, 0.25) is 0 Å². The lowest BCUT2D eigenvalue weighted by Gasteiger charge is -2.30. The molecule has 0 aliphatic heterocycles. The van der Waals surface area contributed by atoms with Crippen molar-refractivity contribution < 1.29 is 15.0 Å². The molecule has 1 aromatic rings. The Labute approximate surface area is 102 Å². The average molecular weight is 236 g/mol. The normalized spacial score (nSPS) is 16.2. The van der Waals surface area contributed by atoms with Gasteiger partial charge in [-0.25, -0.2) is 4.79 Å². The van der Waals surface area contributed by atoms with Crippen LogP contribution in [0.3, 0.4) is 0 Å². The van der Waals surface area contributed by atoms with E-state index in [2.05, 4.69) is 0 Å². The third kappa shape index (κ3) is 2.86. The van der Waals surface area contributed by atoms with Crippen molar-refractivity contribution >= 4 is 5.97 Å². The molecule has 0 spiro atoms. The maximum atomic E-state index is 11.3. The van der Waals surface area contributed by atoms with E-state index in [1.807, 2.05) is 38.1 Å². The highest BCUT2D eigenvalue weighted by molar-refractivity contribution is 5.78. The van der Waals surface area contributed by atoms with Crippen LogP contribution in [0.25, 0.3) is 0 Å². The first-order valence-corrected chi connectivity index (χ1v) is 5.94. The maximum absolute atomic E-state index is 11.3. The molecule has 1 rings (SSSR count). The van der Waals surface area contributed by atoms with E-state index in [4.69, 9.17) is 0 Å². The lowest BCUT2D eigenvalue weighted by atomic mass is 9.80. The van der Waals surface area contributed by atoms with Gasteiger partial charge < -0.3 is 10.2 Å². The van der Waals surface area contributed by atoms with Crippen LogP contribution < -0.4 is 0 Å². The second-order valence-electron chi connectivity index (χ2n) is 4.62. The molecule has 0 fully saturated rings. The SMILES string of the molecule is CCCC(O)(C(=O)O)C(C)c1cccc(C)c1. The number of carboxylic acid groups (broad SMARTS) is 1. The maximum Gasteiger partial charge on any atom is 0.336 e. The number of hydrogen-bond donors (Lipinski definition) is 2. The second-order valence-corrected chi connectivity index (χ2v) is 4.62. The molecule has 0 heterocycles. The van der Waals surface area contributed by atoms with E-state index in [1.165, 1.54) is 0 Å². The van der Waals surface area contributed by atoms with Gasteiger partial charge in [0.1, 0.15) is 0 Å². The molecule has 0 aliphatic carbocycles. The van der Waals surface area contributed by atoms with Crippen molar-refractivity contribution in [1.29, 1.82) is 0 Å². The molecule has 3 heteroatoms. The van der Waals surface area contributed by atoms with Crippen LogP contribution in [0.5, 0.6) is 0 Å². The highest BCUT2D eigenvalue weighted by Crippen LogP contribution is 2.32. The number of benzene rings is 1. The smallest absolute Gasteiger partial charge is 0.336 e. The van der Waals surface area contributed by atoms with Gasteiger partial charge in [0.25, 0.3) is 0 Å². The Bertz CT molecular complexity index is 400. The van der Waals surface area contributed by atoms with Crippen LogP contribution in [0.15, 0.2) is 24.3 Å². The monoisotopic (exact) mass is 236 g/mol. The fraction of sp³-hybridized carbons (Fsp3) is 0.500. The number of aryl methyl sites for hydroxylation is 1. The summed E-state index contributed by atoms with van der Waals surface area (Å²) < 4.78 is 0. The average Bonchev–Trinajstić information content (AvgIpc) is 2.28. The van der Waals surface area contributed by atoms with Crippen LogP contribution in [-0.4, -0.2) is 21.8 Å². The fourth-order valence-electron chi connectivity index (χ4n) is 2.10. The number of rotatable bonds is 5. The van der Waals surface area contributed by atoms with Gasteiger partial charge in [0, 0.05) is 5.92 Å². The zero-order valence-corrected chi connectivity index (χ0v) is 10.6. The molecule has 0 radical (unpaired) electrons. The molecule has 3 nitrogen and oxygen atoms in total. The second kappa shape index (κ2) is 5.32. The van der Waals surface area contributed by atoms with Crippen molar-refractivity contribution in [1.82, 2.24) is 0 Å². The number of aliphatic carboxylic acids is 1. The van der Waals surface area contributed by atoms with Gasteiger partial charge in [-0.05, 0) is 18.9 Å². The molecular formula is C14H20O3. The van der Waals surface area contributed by atoms with E-state index in [-0.39, 0.29) is 6.42 Å². The van der Waals surface area contributed by atoms with E-state index in [9.17, 15) is 15.0 Å². The summed E-state index contributed by atoms with van der Waals surface area (Å²) in [7, 11) is 0. The Kier molecular flexibility index (Phi) is 4.29. The topological polar surface area (TPSA) is 57.5 Å². The largest absolute Gasteiger partial charge is 0.479 e. The molecule has 2 unspecified atom stereocenters. The molecule has 0 saturated heterocycles. The molecule has 0 saturated carbocycles. The molecule has 0 aliphatic rings. The Morgan fingerprint density at radius 3 is 2.59 bits per heavy atom. The van der Waals surface area contributed by atoms with E-state index in [0.29, 0.717) is 6.42 Å². The minimum absolute atomic E-state index is 0.261. The van der Waals surface area contributed by atoms with Gasteiger partial charge >= 0.3 is 5.97 Å². The summed E-state index contributed by atoms with van der Waals surface area (Å²) in [5, 5.41) is 19.5. The third-order valence-corrected chi connectivity index (χ3v) is 3.26. The summed E-state index contributed by atoms with van der Waals surface area (Å²) in [6, 6.07) is 7.63. The Balaban J connectivity index is 3.08. The number of hydrogen-bond acceptors (Lipinski definition) is 2. The molecule has 0 amide bonds.